The normalized spacial score (nSPS) is 11.1. The number of rotatable bonds is 3. The van der Waals surface area contributed by atoms with Gasteiger partial charge in [0.2, 0.25) is 0 Å². The van der Waals surface area contributed by atoms with Crippen molar-refractivity contribution >= 4 is 28.6 Å². The van der Waals surface area contributed by atoms with E-state index in [1.54, 1.807) is 13.0 Å². The largest absolute Gasteiger partial charge is 0.416 e. The van der Waals surface area contributed by atoms with Gasteiger partial charge in [-0.15, -0.1) is 0 Å². The molecular weight excluding hydrogens is 329 g/mol. The highest BCUT2D eigenvalue weighted by Gasteiger charge is 2.30. The van der Waals surface area contributed by atoms with Crippen LogP contribution < -0.4 is 5.32 Å². The monoisotopic (exact) mass is 340 g/mol. The average Bonchev–Trinajstić information content (AvgIpc) is 2.48. The number of halogens is 3. The SMILES string of the molecule is Cc1ccc([N+](=O)[O-])cc1NC(=S)c1ccc(C(F)(F)F)cc1. The minimum Gasteiger partial charge on any atom is -0.346 e. The van der Waals surface area contributed by atoms with Gasteiger partial charge in [-0.05, 0) is 24.6 Å². The molecule has 0 radical (unpaired) electrons. The third kappa shape index (κ3) is 4.04. The van der Waals surface area contributed by atoms with Crippen molar-refractivity contribution in [2.24, 2.45) is 0 Å². The lowest BCUT2D eigenvalue weighted by Gasteiger charge is -2.12. The first-order chi connectivity index (χ1) is 10.7. The Hall–Kier alpha value is -2.48. The van der Waals surface area contributed by atoms with E-state index in [4.69, 9.17) is 12.2 Å². The summed E-state index contributed by atoms with van der Waals surface area (Å²) < 4.78 is 37.6. The fourth-order valence-corrected chi connectivity index (χ4v) is 2.11. The summed E-state index contributed by atoms with van der Waals surface area (Å²) in [4.78, 5) is 10.4. The number of nitro groups is 1. The lowest BCUT2D eigenvalue weighted by Crippen LogP contribution is -2.12. The highest BCUT2D eigenvalue weighted by molar-refractivity contribution is 7.81. The van der Waals surface area contributed by atoms with E-state index in [1.165, 1.54) is 24.3 Å². The Kier molecular flexibility index (Phi) is 4.65. The summed E-state index contributed by atoms with van der Waals surface area (Å²) in [6.45, 7) is 1.74. The highest BCUT2D eigenvalue weighted by Crippen LogP contribution is 2.29. The van der Waals surface area contributed by atoms with Crippen LogP contribution in [-0.4, -0.2) is 9.91 Å². The van der Waals surface area contributed by atoms with E-state index in [2.05, 4.69) is 5.32 Å². The number of anilines is 1. The maximum absolute atomic E-state index is 12.5. The molecule has 0 spiro atoms. The number of nitrogens with zero attached hydrogens (tertiary/aromatic N) is 1. The second kappa shape index (κ2) is 6.33. The fourth-order valence-electron chi connectivity index (χ4n) is 1.86. The molecule has 0 aliphatic heterocycles. The number of nitrogens with one attached hydrogen (secondary N) is 1. The smallest absolute Gasteiger partial charge is 0.346 e. The van der Waals surface area contributed by atoms with Crippen LogP contribution in [0.25, 0.3) is 0 Å². The standard InChI is InChI=1S/C15H11F3N2O2S/c1-9-2-7-12(20(21)22)8-13(9)19-14(23)10-3-5-11(6-4-10)15(16,17)18/h2-8H,1H3,(H,19,23). The second-order valence-electron chi connectivity index (χ2n) is 4.79. The minimum absolute atomic E-state index is 0.103. The molecule has 2 aromatic carbocycles. The number of aryl methyl sites for hydroxylation is 1. The van der Waals surface area contributed by atoms with E-state index in [-0.39, 0.29) is 10.7 Å². The van der Waals surface area contributed by atoms with Gasteiger partial charge in [-0.1, -0.05) is 30.4 Å². The Morgan fingerprint density at radius 1 is 1.17 bits per heavy atom. The first-order valence-electron chi connectivity index (χ1n) is 6.42. The van der Waals surface area contributed by atoms with Crippen molar-refractivity contribution in [2.45, 2.75) is 13.1 Å². The maximum atomic E-state index is 12.5. The molecular formula is C15H11F3N2O2S. The van der Waals surface area contributed by atoms with Gasteiger partial charge in [0, 0.05) is 23.4 Å². The zero-order chi connectivity index (χ0) is 17.2. The molecule has 0 unspecified atom stereocenters. The van der Waals surface area contributed by atoms with Gasteiger partial charge in [0.15, 0.2) is 0 Å². The van der Waals surface area contributed by atoms with Gasteiger partial charge in [0.1, 0.15) is 4.99 Å². The molecule has 23 heavy (non-hydrogen) atoms. The summed E-state index contributed by atoms with van der Waals surface area (Å²) in [5, 5.41) is 13.6. The van der Waals surface area contributed by atoms with Gasteiger partial charge in [0.25, 0.3) is 5.69 Å². The fraction of sp³-hybridized carbons (Fsp3) is 0.133. The van der Waals surface area contributed by atoms with Crippen LogP contribution in [0.3, 0.4) is 0 Å². The Balaban J connectivity index is 2.22. The molecule has 0 aromatic heterocycles. The van der Waals surface area contributed by atoms with E-state index >= 15 is 0 Å². The number of thiocarbonyl (C=S) groups is 1. The molecule has 0 saturated heterocycles. The Morgan fingerprint density at radius 2 is 1.78 bits per heavy atom. The van der Waals surface area contributed by atoms with E-state index in [0.717, 1.165) is 17.7 Å². The van der Waals surface area contributed by atoms with E-state index in [0.29, 0.717) is 11.3 Å². The maximum Gasteiger partial charge on any atom is 0.416 e. The van der Waals surface area contributed by atoms with Crippen LogP contribution in [0.15, 0.2) is 42.5 Å². The molecule has 1 N–H and O–H groups in total. The van der Waals surface area contributed by atoms with E-state index in [1.807, 2.05) is 0 Å². The molecule has 0 aliphatic carbocycles. The lowest BCUT2D eigenvalue weighted by molar-refractivity contribution is -0.384. The van der Waals surface area contributed by atoms with Crippen molar-refractivity contribution < 1.29 is 18.1 Å². The number of hydrogen-bond acceptors (Lipinski definition) is 3. The number of nitro benzene ring substituents is 1. The zero-order valence-corrected chi connectivity index (χ0v) is 12.7. The van der Waals surface area contributed by atoms with Crippen LogP contribution in [0.5, 0.6) is 0 Å². The second-order valence-corrected chi connectivity index (χ2v) is 5.19. The van der Waals surface area contributed by atoms with Crippen molar-refractivity contribution in [3.8, 4) is 0 Å². The molecule has 4 nitrogen and oxygen atoms in total. The molecule has 2 aromatic rings. The number of alkyl halides is 3. The summed E-state index contributed by atoms with van der Waals surface area (Å²) in [5.74, 6) is 0. The Morgan fingerprint density at radius 3 is 2.30 bits per heavy atom. The average molecular weight is 340 g/mol. The molecule has 8 heteroatoms. The van der Waals surface area contributed by atoms with Gasteiger partial charge in [0.05, 0.1) is 10.5 Å². The van der Waals surface area contributed by atoms with Crippen LogP contribution in [0.1, 0.15) is 16.7 Å². The molecule has 0 amide bonds. The molecule has 0 heterocycles. The van der Waals surface area contributed by atoms with Crippen molar-refractivity contribution in [1.82, 2.24) is 0 Å². The third-order valence-corrected chi connectivity index (χ3v) is 3.49. The predicted octanol–water partition coefficient (Wildman–Crippen LogP) is 4.71. The first-order valence-corrected chi connectivity index (χ1v) is 6.83. The van der Waals surface area contributed by atoms with E-state index < -0.39 is 16.7 Å². The summed E-state index contributed by atoms with van der Waals surface area (Å²) >= 11 is 5.15. The van der Waals surface area contributed by atoms with Crippen molar-refractivity contribution in [2.75, 3.05) is 5.32 Å². The van der Waals surface area contributed by atoms with Crippen LogP contribution in [0.4, 0.5) is 24.5 Å². The Bertz CT molecular complexity index is 758. The van der Waals surface area contributed by atoms with Gasteiger partial charge in [-0.2, -0.15) is 13.2 Å². The number of non-ortho nitro benzene ring substituents is 1. The van der Waals surface area contributed by atoms with Crippen LogP contribution >= 0.6 is 12.2 Å². The predicted molar refractivity (Wildman–Crippen MR) is 84.6 cm³/mol. The van der Waals surface area contributed by atoms with Gasteiger partial charge in [-0.25, -0.2) is 0 Å². The Labute approximate surface area is 135 Å². The summed E-state index contributed by atoms with van der Waals surface area (Å²) in [7, 11) is 0. The molecule has 0 bridgehead atoms. The minimum atomic E-state index is -4.41. The van der Waals surface area contributed by atoms with Crippen LogP contribution in [0.2, 0.25) is 0 Å². The van der Waals surface area contributed by atoms with Crippen molar-refractivity contribution in [3.05, 3.63) is 69.3 Å². The quantitative estimate of drug-likeness (QED) is 0.499. The van der Waals surface area contributed by atoms with Crippen molar-refractivity contribution in [1.29, 1.82) is 0 Å². The molecule has 2 rings (SSSR count). The molecule has 120 valence electrons. The third-order valence-electron chi connectivity index (χ3n) is 3.15. The number of benzene rings is 2. The van der Waals surface area contributed by atoms with Gasteiger partial charge < -0.3 is 5.32 Å². The van der Waals surface area contributed by atoms with Crippen LogP contribution in [-0.2, 0) is 6.18 Å². The lowest BCUT2D eigenvalue weighted by atomic mass is 10.1. The number of hydrogen-bond donors (Lipinski definition) is 1. The molecule has 0 fully saturated rings. The summed E-state index contributed by atoms with van der Waals surface area (Å²) in [6.07, 6.45) is -4.41. The zero-order valence-electron chi connectivity index (χ0n) is 11.8. The van der Waals surface area contributed by atoms with Crippen molar-refractivity contribution in [3.63, 3.8) is 0 Å². The molecule has 0 atom stereocenters. The highest BCUT2D eigenvalue weighted by atomic mass is 32.1. The summed E-state index contributed by atoms with van der Waals surface area (Å²) in [6, 6.07) is 8.63. The van der Waals surface area contributed by atoms with Gasteiger partial charge in [-0.3, -0.25) is 10.1 Å². The summed E-state index contributed by atoms with van der Waals surface area (Å²) in [5.41, 5.74) is 0.678. The molecule has 0 aliphatic rings. The molecule has 0 saturated carbocycles. The topological polar surface area (TPSA) is 55.2 Å². The van der Waals surface area contributed by atoms with E-state index in [9.17, 15) is 23.3 Å². The van der Waals surface area contributed by atoms with Gasteiger partial charge >= 0.3 is 6.18 Å². The van der Waals surface area contributed by atoms with Crippen LogP contribution in [0, 0.1) is 17.0 Å². The first kappa shape index (κ1) is 16.9.